The van der Waals surface area contributed by atoms with Crippen molar-refractivity contribution in [2.75, 3.05) is 0 Å². The van der Waals surface area contributed by atoms with Gasteiger partial charge in [0, 0.05) is 5.69 Å². The number of nitrogens with zero attached hydrogens (tertiary/aromatic N) is 2. The predicted molar refractivity (Wildman–Crippen MR) is 97.8 cm³/mol. The standard InChI is InChI=1S/C16H12Cl2N4O3S/c17-12-7-4-8-14(15(12)18)26(24,25)21-20-16(23)13-9-19-10-22(13)11-5-2-1-3-6-11/h1-10,21H,(H,20,23). The number of hydrogen-bond acceptors (Lipinski definition) is 4. The molecule has 0 aliphatic heterocycles. The Balaban J connectivity index is 1.80. The molecular weight excluding hydrogens is 399 g/mol. The number of hydrogen-bond donors (Lipinski definition) is 2. The molecule has 0 aliphatic rings. The topological polar surface area (TPSA) is 93.1 Å². The number of hydrazine groups is 1. The third kappa shape index (κ3) is 3.73. The van der Waals surface area contributed by atoms with Crippen LogP contribution in [0.4, 0.5) is 0 Å². The van der Waals surface area contributed by atoms with E-state index in [-0.39, 0.29) is 20.6 Å². The fraction of sp³-hybridized carbons (Fsp3) is 0. The van der Waals surface area contributed by atoms with Gasteiger partial charge in [-0.2, -0.15) is 0 Å². The summed E-state index contributed by atoms with van der Waals surface area (Å²) in [6.07, 6.45) is 2.77. The largest absolute Gasteiger partial charge is 0.295 e. The number of carbonyl (C=O) groups excluding carboxylic acids is 1. The molecule has 134 valence electrons. The second kappa shape index (κ2) is 7.46. The van der Waals surface area contributed by atoms with Crippen molar-refractivity contribution in [2.45, 2.75) is 4.90 Å². The minimum atomic E-state index is -4.11. The summed E-state index contributed by atoms with van der Waals surface area (Å²) in [5, 5.41) is -0.0479. The van der Waals surface area contributed by atoms with Crippen LogP contribution >= 0.6 is 23.2 Å². The lowest BCUT2D eigenvalue weighted by molar-refractivity contribution is 0.0938. The SMILES string of the molecule is O=C(NNS(=O)(=O)c1cccc(Cl)c1Cl)c1cncn1-c1ccccc1. The van der Waals surface area contributed by atoms with Gasteiger partial charge in [0.25, 0.3) is 15.9 Å². The lowest BCUT2D eigenvalue weighted by Gasteiger charge is -2.11. The molecule has 1 amide bonds. The van der Waals surface area contributed by atoms with E-state index < -0.39 is 15.9 Å². The van der Waals surface area contributed by atoms with E-state index in [0.717, 1.165) is 0 Å². The summed E-state index contributed by atoms with van der Waals surface area (Å²) in [5.41, 5.74) is 2.99. The van der Waals surface area contributed by atoms with E-state index in [0.29, 0.717) is 5.69 Å². The van der Waals surface area contributed by atoms with Crippen molar-refractivity contribution >= 4 is 39.1 Å². The highest BCUT2D eigenvalue weighted by molar-refractivity contribution is 7.89. The average molecular weight is 411 g/mol. The van der Waals surface area contributed by atoms with Crippen molar-refractivity contribution < 1.29 is 13.2 Å². The van der Waals surface area contributed by atoms with E-state index in [1.165, 1.54) is 35.3 Å². The molecular formula is C16H12Cl2N4O3S. The van der Waals surface area contributed by atoms with Crippen LogP contribution in [-0.2, 0) is 10.0 Å². The molecule has 0 bridgehead atoms. The molecule has 0 unspecified atom stereocenters. The molecule has 0 saturated heterocycles. The van der Waals surface area contributed by atoms with Crippen molar-refractivity contribution in [2.24, 2.45) is 0 Å². The first-order valence-corrected chi connectivity index (χ1v) is 9.48. The van der Waals surface area contributed by atoms with E-state index in [1.54, 1.807) is 24.3 Å². The van der Waals surface area contributed by atoms with Crippen LogP contribution < -0.4 is 10.3 Å². The summed E-state index contributed by atoms with van der Waals surface area (Å²) < 4.78 is 26.2. The van der Waals surface area contributed by atoms with Gasteiger partial charge in [-0.3, -0.25) is 14.8 Å². The minimum absolute atomic E-state index is 0.0861. The van der Waals surface area contributed by atoms with Crippen molar-refractivity contribution in [1.29, 1.82) is 0 Å². The zero-order valence-corrected chi connectivity index (χ0v) is 15.4. The van der Waals surface area contributed by atoms with Gasteiger partial charge in [0.15, 0.2) is 0 Å². The molecule has 10 heteroatoms. The highest BCUT2D eigenvalue weighted by Crippen LogP contribution is 2.28. The Morgan fingerprint density at radius 3 is 2.50 bits per heavy atom. The number of nitrogens with one attached hydrogen (secondary N) is 2. The number of benzene rings is 2. The van der Waals surface area contributed by atoms with E-state index in [9.17, 15) is 13.2 Å². The average Bonchev–Trinajstić information content (AvgIpc) is 3.12. The Bertz CT molecular complexity index is 1050. The Hall–Kier alpha value is -2.39. The van der Waals surface area contributed by atoms with Crippen LogP contribution in [0.3, 0.4) is 0 Å². The van der Waals surface area contributed by atoms with Crippen molar-refractivity contribution in [1.82, 2.24) is 19.8 Å². The Morgan fingerprint density at radius 2 is 1.77 bits per heavy atom. The van der Waals surface area contributed by atoms with Gasteiger partial charge in [-0.1, -0.05) is 47.5 Å². The van der Waals surface area contributed by atoms with Gasteiger partial charge < -0.3 is 0 Å². The Morgan fingerprint density at radius 1 is 1.04 bits per heavy atom. The zero-order valence-electron chi connectivity index (χ0n) is 13.1. The molecule has 1 aromatic heterocycles. The maximum Gasteiger partial charge on any atom is 0.284 e. The number of imidazole rings is 1. The van der Waals surface area contributed by atoms with Gasteiger partial charge in [-0.15, -0.1) is 4.83 Å². The van der Waals surface area contributed by atoms with Crippen LogP contribution in [0.15, 0.2) is 66.0 Å². The molecule has 0 radical (unpaired) electrons. The molecule has 26 heavy (non-hydrogen) atoms. The number of aromatic nitrogens is 2. The Kier molecular flexibility index (Phi) is 5.28. The molecule has 0 atom stereocenters. The lowest BCUT2D eigenvalue weighted by atomic mass is 10.3. The molecule has 0 spiro atoms. The van der Waals surface area contributed by atoms with Gasteiger partial charge in [0.05, 0.1) is 22.6 Å². The summed E-state index contributed by atoms with van der Waals surface area (Å²) in [5.74, 6) is -0.687. The van der Waals surface area contributed by atoms with Crippen LogP contribution in [0.2, 0.25) is 10.0 Å². The normalized spacial score (nSPS) is 11.3. The van der Waals surface area contributed by atoms with Gasteiger partial charge in [-0.05, 0) is 24.3 Å². The van der Waals surface area contributed by atoms with Crippen LogP contribution in [0, 0.1) is 0 Å². The maximum atomic E-state index is 12.4. The van der Waals surface area contributed by atoms with Crippen LogP contribution in [0.25, 0.3) is 5.69 Å². The number of rotatable bonds is 5. The Labute approximate surface area is 159 Å². The predicted octanol–water partition coefficient (Wildman–Crippen LogP) is 2.80. The summed E-state index contributed by atoms with van der Waals surface area (Å²) in [6.45, 7) is 0. The van der Waals surface area contributed by atoms with Crippen LogP contribution in [0.1, 0.15) is 10.5 Å². The van der Waals surface area contributed by atoms with Gasteiger partial charge >= 0.3 is 0 Å². The molecule has 2 aromatic carbocycles. The molecule has 3 rings (SSSR count). The molecule has 0 aliphatic carbocycles. The molecule has 2 N–H and O–H groups in total. The molecule has 0 saturated carbocycles. The lowest BCUT2D eigenvalue weighted by Crippen LogP contribution is -2.42. The number of halogens is 2. The fourth-order valence-corrected chi connectivity index (χ4v) is 3.78. The highest BCUT2D eigenvalue weighted by atomic mass is 35.5. The van der Waals surface area contributed by atoms with E-state index in [1.807, 2.05) is 10.9 Å². The van der Waals surface area contributed by atoms with Crippen molar-refractivity contribution in [3.05, 3.63) is 76.8 Å². The minimum Gasteiger partial charge on any atom is -0.295 e. The quantitative estimate of drug-likeness (QED) is 0.632. The van der Waals surface area contributed by atoms with Crippen LogP contribution in [0.5, 0.6) is 0 Å². The maximum absolute atomic E-state index is 12.4. The number of para-hydroxylation sites is 1. The summed E-state index contributed by atoms with van der Waals surface area (Å²) in [4.78, 5) is 18.1. The third-order valence-electron chi connectivity index (χ3n) is 3.41. The monoisotopic (exact) mass is 410 g/mol. The van der Waals surface area contributed by atoms with Crippen LogP contribution in [-0.4, -0.2) is 23.9 Å². The van der Waals surface area contributed by atoms with E-state index >= 15 is 0 Å². The fourth-order valence-electron chi connectivity index (χ4n) is 2.18. The third-order valence-corrected chi connectivity index (χ3v) is 5.63. The van der Waals surface area contributed by atoms with E-state index in [2.05, 4.69) is 10.4 Å². The second-order valence-corrected chi connectivity index (χ2v) is 7.53. The summed E-state index contributed by atoms with van der Waals surface area (Å²) in [7, 11) is -4.11. The molecule has 0 fully saturated rings. The zero-order chi connectivity index (χ0) is 18.7. The number of sulfonamides is 1. The molecule has 7 nitrogen and oxygen atoms in total. The molecule has 1 heterocycles. The number of carbonyl (C=O) groups is 1. The first-order chi connectivity index (χ1) is 12.4. The first-order valence-electron chi connectivity index (χ1n) is 7.24. The number of amides is 1. The highest BCUT2D eigenvalue weighted by Gasteiger charge is 2.21. The molecule has 3 aromatic rings. The van der Waals surface area contributed by atoms with Crippen molar-refractivity contribution in [3.8, 4) is 5.69 Å². The summed E-state index contributed by atoms with van der Waals surface area (Å²) >= 11 is 11.7. The first kappa shape index (κ1) is 18.4. The smallest absolute Gasteiger partial charge is 0.284 e. The second-order valence-electron chi connectivity index (χ2n) is 5.10. The van der Waals surface area contributed by atoms with Gasteiger partial charge in [-0.25, -0.2) is 13.4 Å². The van der Waals surface area contributed by atoms with E-state index in [4.69, 9.17) is 23.2 Å². The van der Waals surface area contributed by atoms with Crippen molar-refractivity contribution in [3.63, 3.8) is 0 Å². The van der Waals surface area contributed by atoms with Gasteiger partial charge in [0.1, 0.15) is 10.6 Å². The van der Waals surface area contributed by atoms with Gasteiger partial charge in [0.2, 0.25) is 0 Å². The summed E-state index contributed by atoms with van der Waals surface area (Å²) in [6, 6.07) is 13.2.